The van der Waals surface area contributed by atoms with Gasteiger partial charge in [0.1, 0.15) is 5.75 Å². The molecule has 0 spiro atoms. The van der Waals surface area contributed by atoms with Gasteiger partial charge in [-0.1, -0.05) is 0 Å². The Balaban J connectivity index is 2.27. The first-order valence-corrected chi connectivity index (χ1v) is 4.44. The van der Waals surface area contributed by atoms with Crippen molar-refractivity contribution in [2.45, 2.75) is 18.9 Å². The number of fused-ring (bicyclic) bond motifs is 1. The van der Waals surface area contributed by atoms with E-state index in [0.717, 1.165) is 5.56 Å². The quantitative estimate of drug-likeness (QED) is 0.654. The standard InChI is InChI=1S/C10H11NO3/c11-7-2-4-8-6(5-7)1-3-9(14-8)10(12)13/h2,4-5,9H,1,3,11H2,(H,12,13). The molecule has 1 aliphatic rings. The summed E-state index contributed by atoms with van der Waals surface area (Å²) >= 11 is 0. The molecule has 1 aromatic carbocycles. The maximum atomic E-state index is 10.7. The van der Waals surface area contributed by atoms with Gasteiger partial charge >= 0.3 is 5.97 Å². The summed E-state index contributed by atoms with van der Waals surface area (Å²) < 4.78 is 5.29. The Hall–Kier alpha value is -1.71. The lowest BCUT2D eigenvalue weighted by Gasteiger charge is -2.23. The third kappa shape index (κ3) is 1.51. The highest BCUT2D eigenvalue weighted by Crippen LogP contribution is 2.29. The van der Waals surface area contributed by atoms with Gasteiger partial charge in [0.2, 0.25) is 0 Å². The zero-order valence-electron chi connectivity index (χ0n) is 7.56. The number of hydrogen-bond donors (Lipinski definition) is 2. The fourth-order valence-electron chi connectivity index (χ4n) is 1.58. The van der Waals surface area contributed by atoms with Crippen molar-refractivity contribution in [3.63, 3.8) is 0 Å². The van der Waals surface area contributed by atoms with Crippen LogP contribution in [0.2, 0.25) is 0 Å². The number of nitrogen functional groups attached to an aromatic ring is 1. The molecular weight excluding hydrogens is 182 g/mol. The molecule has 14 heavy (non-hydrogen) atoms. The predicted molar refractivity (Wildman–Crippen MR) is 51.2 cm³/mol. The molecule has 1 aromatic rings. The normalized spacial score (nSPS) is 19.6. The summed E-state index contributed by atoms with van der Waals surface area (Å²) in [6.07, 6.45) is 0.495. The number of carboxylic acids is 1. The number of anilines is 1. The molecule has 4 heteroatoms. The van der Waals surface area contributed by atoms with E-state index < -0.39 is 12.1 Å². The van der Waals surface area contributed by atoms with E-state index in [9.17, 15) is 4.79 Å². The maximum Gasteiger partial charge on any atom is 0.344 e. The average Bonchev–Trinajstić information content (AvgIpc) is 2.16. The van der Waals surface area contributed by atoms with Crippen LogP contribution in [0.15, 0.2) is 18.2 Å². The number of aryl methyl sites for hydroxylation is 1. The van der Waals surface area contributed by atoms with Gasteiger partial charge in [0.25, 0.3) is 0 Å². The lowest BCUT2D eigenvalue weighted by atomic mass is 10.0. The van der Waals surface area contributed by atoms with Crippen LogP contribution in [0.3, 0.4) is 0 Å². The molecule has 3 N–H and O–H groups in total. The van der Waals surface area contributed by atoms with E-state index in [0.29, 0.717) is 24.3 Å². The second-order valence-corrected chi connectivity index (χ2v) is 3.35. The van der Waals surface area contributed by atoms with Gasteiger partial charge in [-0.3, -0.25) is 0 Å². The van der Waals surface area contributed by atoms with Crippen molar-refractivity contribution in [2.75, 3.05) is 5.73 Å². The van der Waals surface area contributed by atoms with Crippen molar-refractivity contribution in [2.24, 2.45) is 0 Å². The van der Waals surface area contributed by atoms with Crippen molar-refractivity contribution >= 4 is 11.7 Å². The van der Waals surface area contributed by atoms with Gasteiger partial charge in [-0.2, -0.15) is 0 Å². The van der Waals surface area contributed by atoms with Crippen LogP contribution in [-0.2, 0) is 11.2 Å². The van der Waals surface area contributed by atoms with Crippen molar-refractivity contribution < 1.29 is 14.6 Å². The minimum atomic E-state index is -0.910. The van der Waals surface area contributed by atoms with E-state index in [2.05, 4.69) is 0 Å². The third-order valence-corrected chi connectivity index (χ3v) is 2.31. The number of rotatable bonds is 1. The summed E-state index contributed by atoms with van der Waals surface area (Å²) in [5, 5.41) is 8.77. The summed E-state index contributed by atoms with van der Waals surface area (Å²) in [5.74, 6) is -0.273. The molecule has 1 unspecified atom stereocenters. The van der Waals surface area contributed by atoms with E-state index in [1.165, 1.54) is 0 Å². The highest BCUT2D eigenvalue weighted by molar-refractivity contribution is 5.73. The monoisotopic (exact) mass is 193 g/mol. The number of carbonyl (C=O) groups is 1. The summed E-state index contributed by atoms with van der Waals surface area (Å²) in [6, 6.07) is 5.26. The van der Waals surface area contributed by atoms with Crippen LogP contribution < -0.4 is 10.5 Å². The number of ether oxygens (including phenoxy) is 1. The van der Waals surface area contributed by atoms with Crippen molar-refractivity contribution in [1.82, 2.24) is 0 Å². The second-order valence-electron chi connectivity index (χ2n) is 3.35. The number of aliphatic carboxylic acids is 1. The van der Waals surface area contributed by atoms with Crippen molar-refractivity contribution in [1.29, 1.82) is 0 Å². The molecule has 0 saturated heterocycles. The molecule has 1 heterocycles. The third-order valence-electron chi connectivity index (χ3n) is 2.31. The van der Waals surface area contributed by atoms with Crippen molar-refractivity contribution in [3.8, 4) is 5.75 Å². The highest BCUT2D eigenvalue weighted by Gasteiger charge is 2.25. The number of hydrogen-bond acceptors (Lipinski definition) is 3. The number of carboxylic acid groups (broad SMARTS) is 1. The molecule has 0 bridgehead atoms. The Morgan fingerprint density at radius 2 is 2.36 bits per heavy atom. The molecule has 74 valence electrons. The summed E-state index contributed by atoms with van der Waals surface area (Å²) in [7, 11) is 0. The van der Waals surface area contributed by atoms with Crippen LogP contribution in [0.1, 0.15) is 12.0 Å². The van der Waals surface area contributed by atoms with Crippen LogP contribution in [0.4, 0.5) is 5.69 Å². The molecular formula is C10H11NO3. The van der Waals surface area contributed by atoms with E-state index in [1.54, 1.807) is 12.1 Å². The summed E-state index contributed by atoms with van der Waals surface area (Å²) in [4.78, 5) is 10.7. The lowest BCUT2D eigenvalue weighted by Crippen LogP contribution is -2.30. The van der Waals surface area contributed by atoms with E-state index >= 15 is 0 Å². The lowest BCUT2D eigenvalue weighted by molar-refractivity contribution is -0.145. The largest absolute Gasteiger partial charge is 0.479 e. The average molecular weight is 193 g/mol. The Labute approximate surface area is 81.3 Å². The molecule has 0 aromatic heterocycles. The molecule has 0 saturated carbocycles. The second kappa shape index (κ2) is 3.21. The molecule has 0 radical (unpaired) electrons. The molecule has 2 rings (SSSR count). The fourth-order valence-corrected chi connectivity index (χ4v) is 1.58. The molecule has 1 atom stereocenters. The maximum absolute atomic E-state index is 10.7. The molecule has 0 fully saturated rings. The number of benzene rings is 1. The first-order chi connectivity index (χ1) is 6.66. The SMILES string of the molecule is Nc1ccc2c(c1)CCC(C(=O)O)O2. The van der Waals surface area contributed by atoms with Gasteiger partial charge in [0, 0.05) is 5.69 Å². The fraction of sp³-hybridized carbons (Fsp3) is 0.300. The van der Waals surface area contributed by atoms with Gasteiger partial charge in [0.05, 0.1) is 0 Å². The minimum Gasteiger partial charge on any atom is -0.479 e. The van der Waals surface area contributed by atoms with Crippen LogP contribution in [0.25, 0.3) is 0 Å². The van der Waals surface area contributed by atoms with Gasteiger partial charge in [0.15, 0.2) is 6.10 Å². The molecule has 0 amide bonds. The summed E-state index contributed by atoms with van der Waals surface area (Å²) in [6.45, 7) is 0. The van der Waals surface area contributed by atoms with Gasteiger partial charge < -0.3 is 15.6 Å². The van der Waals surface area contributed by atoms with Crippen LogP contribution >= 0.6 is 0 Å². The van der Waals surface area contributed by atoms with Gasteiger partial charge in [-0.15, -0.1) is 0 Å². The van der Waals surface area contributed by atoms with Crippen LogP contribution in [0.5, 0.6) is 5.75 Å². The first-order valence-electron chi connectivity index (χ1n) is 4.44. The molecule has 0 aliphatic carbocycles. The topological polar surface area (TPSA) is 72.6 Å². The minimum absolute atomic E-state index is 0.506. The molecule has 4 nitrogen and oxygen atoms in total. The Morgan fingerprint density at radius 1 is 1.57 bits per heavy atom. The smallest absolute Gasteiger partial charge is 0.344 e. The Morgan fingerprint density at radius 3 is 3.07 bits per heavy atom. The summed E-state index contributed by atoms with van der Waals surface area (Å²) in [5.41, 5.74) is 7.27. The van der Waals surface area contributed by atoms with Gasteiger partial charge in [-0.25, -0.2) is 4.79 Å². The van der Waals surface area contributed by atoms with Crippen molar-refractivity contribution in [3.05, 3.63) is 23.8 Å². The molecule has 1 aliphatic heterocycles. The first kappa shape index (κ1) is 8.87. The highest BCUT2D eigenvalue weighted by atomic mass is 16.5. The van der Waals surface area contributed by atoms with Crippen LogP contribution in [0, 0.1) is 0 Å². The van der Waals surface area contributed by atoms with Crippen LogP contribution in [-0.4, -0.2) is 17.2 Å². The Kier molecular flexibility index (Phi) is 2.04. The van der Waals surface area contributed by atoms with E-state index in [1.807, 2.05) is 6.07 Å². The number of nitrogens with two attached hydrogens (primary N) is 1. The zero-order chi connectivity index (χ0) is 10.1. The van der Waals surface area contributed by atoms with Gasteiger partial charge in [-0.05, 0) is 36.6 Å². The van der Waals surface area contributed by atoms with E-state index in [-0.39, 0.29) is 0 Å². The van der Waals surface area contributed by atoms with E-state index in [4.69, 9.17) is 15.6 Å². The Bertz CT molecular complexity index is 376. The predicted octanol–water partition coefficient (Wildman–Crippen LogP) is 1.05. The zero-order valence-corrected chi connectivity index (χ0v) is 7.56.